The largest absolute Gasteiger partial charge is 0.389 e. The summed E-state index contributed by atoms with van der Waals surface area (Å²) in [5, 5.41) is 0. The number of nitrogens with zero attached hydrogens (tertiary/aromatic N) is 2. The van der Waals surface area contributed by atoms with Crippen molar-refractivity contribution in [2.24, 2.45) is 12.8 Å². The van der Waals surface area contributed by atoms with E-state index in [0.29, 0.717) is 11.3 Å². The minimum atomic E-state index is -3.52. The second kappa shape index (κ2) is 6.00. The van der Waals surface area contributed by atoms with Crippen LogP contribution in [0.3, 0.4) is 0 Å². The lowest BCUT2D eigenvalue weighted by molar-refractivity contribution is 0.582. The van der Waals surface area contributed by atoms with Gasteiger partial charge in [-0.05, 0) is 12.1 Å². The van der Waals surface area contributed by atoms with Gasteiger partial charge in [0.1, 0.15) is 15.0 Å². The monoisotopic (exact) mass is 330 g/mol. The van der Waals surface area contributed by atoms with Crippen LogP contribution in [-0.2, 0) is 23.5 Å². The van der Waals surface area contributed by atoms with Gasteiger partial charge in [0, 0.05) is 32.4 Å². The number of sulfonamides is 1. The van der Waals surface area contributed by atoms with Gasteiger partial charge in [0.2, 0.25) is 10.0 Å². The Morgan fingerprint density at radius 3 is 2.85 bits per heavy atom. The predicted octanol–water partition coefficient (Wildman–Crippen LogP) is 0.637. The molecule has 0 spiro atoms. The Bertz CT molecular complexity index is 718. The number of rotatable bonds is 6. The van der Waals surface area contributed by atoms with Crippen LogP contribution in [-0.4, -0.2) is 29.5 Å². The molecular formula is C11H14N4O2S3. The molecule has 108 valence electrons. The Labute approximate surface area is 126 Å². The van der Waals surface area contributed by atoms with E-state index in [4.69, 9.17) is 18.0 Å². The third-order valence-electron chi connectivity index (χ3n) is 2.65. The van der Waals surface area contributed by atoms with Crippen LogP contribution in [0.25, 0.3) is 0 Å². The molecular weight excluding hydrogens is 316 g/mol. The fourth-order valence-corrected chi connectivity index (χ4v) is 4.03. The summed E-state index contributed by atoms with van der Waals surface area (Å²) < 4.78 is 28.7. The SMILES string of the molecule is Cn1ccnc1CCNS(=O)(=O)c1ccc(C(N)=S)s1. The van der Waals surface area contributed by atoms with E-state index in [2.05, 4.69) is 9.71 Å². The fraction of sp³-hybridized carbons (Fsp3) is 0.273. The molecule has 0 fully saturated rings. The van der Waals surface area contributed by atoms with Crippen molar-refractivity contribution < 1.29 is 8.42 Å². The van der Waals surface area contributed by atoms with Crippen molar-refractivity contribution in [2.45, 2.75) is 10.6 Å². The molecule has 0 aliphatic carbocycles. The van der Waals surface area contributed by atoms with Gasteiger partial charge in [-0.3, -0.25) is 0 Å². The number of aromatic nitrogens is 2. The molecule has 2 rings (SSSR count). The lowest BCUT2D eigenvalue weighted by Gasteiger charge is -2.04. The van der Waals surface area contributed by atoms with Crippen molar-refractivity contribution >= 4 is 38.6 Å². The number of thiocarbonyl (C=S) groups is 1. The zero-order valence-corrected chi connectivity index (χ0v) is 13.2. The van der Waals surface area contributed by atoms with E-state index in [-0.39, 0.29) is 15.7 Å². The second-order valence-electron chi connectivity index (χ2n) is 4.09. The van der Waals surface area contributed by atoms with Crippen LogP contribution < -0.4 is 10.5 Å². The highest BCUT2D eigenvalue weighted by Crippen LogP contribution is 2.21. The Balaban J connectivity index is 2.00. The summed E-state index contributed by atoms with van der Waals surface area (Å²) in [7, 11) is -1.66. The number of aryl methyl sites for hydroxylation is 1. The van der Waals surface area contributed by atoms with E-state index in [1.54, 1.807) is 12.3 Å². The van der Waals surface area contributed by atoms with E-state index < -0.39 is 10.0 Å². The normalized spacial score (nSPS) is 11.7. The van der Waals surface area contributed by atoms with Gasteiger partial charge in [-0.1, -0.05) is 12.2 Å². The highest BCUT2D eigenvalue weighted by atomic mass is 32.2. The van der Waals surface area contributed by atoms with Crippen molar-refractivity contribution in [1.29, 1.82) is 0 Å². The van der Waals surface area contributed by atoms with Crippen molar-refractivity contribution in [2.75, 3.05) is 6.54 Å². The molecule has 0 saturated heterocycles. The topological polar surface area (TPSA) is 90.0 Å². The van der Waals surface area contributed by atoms with Crippen molar-refractivity contribution in [3.63, 3.8) is 0 Å². The molecule has 0 bridgehead atoms. The van der Waals surface area contributed by atoms with Gasteiger partial charge < -0.3 is 10.3 Å². The maximum Gasteiger partial charge on any atom is 0.250 e. The zero-order chi connectivity index (χ0) is 14.8. The molecule has 2 aromatic heterocycles. The number of hydrogen-bond acceptors (Lipinski definition) is 5. The van der Waals surface area contributed by atoms with Crippen LogP contribution in [0.5, 0.6) is 0 Å². The van der Waals surface area contributed by atoms with Crippen LogP contribution >= 0.6 is 23.6 Å². The molecule has 0 unspecified atom stereocenters. The number of thiophene rings is 1. The molecule has 0 saturated carbocycles. The van der Waals surface area contributed by atoms with E-state index in [0.717, 1.165) is 17.2 Å². The summed E-state index contributed by atoms with van der Waals surface area (Å²) in [6.07, 6.45) is 4.02. The van der Waals surface area contributed by atoms with Gasteiger partial charge >= 0.3 is 0 Å². The van der Waals surface area contributed by atoms with Crippen LogP contribution in [0.4, 0.5) is 0 Å². The molecule has 20 heavy (non-hydrogen) atoms. The van der Waals surface area contributed by atoms with Gasteiger partial charge in [0.25, 0.3) is 0 Å². The second-order valence-corrected chi connectivity index (χ2v) is 7.60. The molecule has 0 aliphatic heterocycles. The molecule has 9 heteroatoms. The van der Waals surface area contributed by atoms with E-state index in [1.807, 2.05) is 17.8 Å². The summed E-state index contributed by atoms with van der Waals surface area (Å²) in [4.78, 5) is 4.92. The number of hydrogen-bond donors (Lipinski definition) is 2. The van der Waals surface area contributed by atoms with Gasteiger partial charge in [0.15, 0.2) is 0 Å². The Morgan fingerprint density at radius 2 is 2.30 bits per heavy atom. The number of imidazole rings is 1. The molecule has 3 N–H and O–H groups in total. The maximum absolute atomic E-state index is 12.1. The Kier molecular flexibility index (Phi) is 4.53. The smallest absolute Gasteiger partial charge is 0.250 e. The number of nitrogens with one attached hydrogen (secondary N) is 1. The minimum absolute atomic E-state index is 0.199. The summed E-state index contributed by atoms with van der Waals surface area (Å²) in [6.45, 7) is 0.285. The van der Waals surface area contributed by atoms with Crippen molar-refractivity contribution in [3.8, 4) is 0 Å². The molecule has 0 aliphatic rings. The zero-order valence-electron chi connectivity index (χ0n) is 10.7. The molecule has 0 amide bonds. The summed E-state index contributed by atoms with van der Waals surface area (Å²) in [6, 6.07) is 3.11. The minimum Gasteiger partial charge on any atom is -0.389 e. The summed E-state index contributed by atoms with van der Waals surface area (Å²) >= 11 is 5.88. The highest BCUT2D eigenvalue weighted by Gasteiger charge is 2.17. The number of nitrogens with two attached hydrogens (primary N) is 1. The average Bonchev–Trinajstić information content (AvgIpc) is 2.99. The first-order valence-corrected chi connectivity index (χ1v) is 8.46. The van der Waals surface area contributed by atoms with Crippen molar-refractivity contribution in [1.82, 2.24) is 14.3 Å². The summed E-state index contributed by atoms with van der Waals surface area (Å²) in [5.41, 5.74) is 5.47. The van der Waals surface area contributed by atoms with Crippen LogP contribution in [0, 0.1) is 0 Å². The molecule has 0 radical (unpaired) electrons. The Hall–Kier alpha value is -1.29. The first-order valence-electron chi connectivity index (χ1n) is 5.75. The van der Waals surface area contributed by atoms with E-state index in [9.17, 15) is 8.42 Å². The molecule has 6 nitrogen and oxygen atoms in total. The first-order chi connectivity index (χ1) is 9.40. The van der Waals surface area contributed by atoms with Crippen LogP contribution in [0.15, 0.2) is 28.7 Å². The van der Waals surface area contributed by atoms with Crippen LogP contribution in [0.1, 0.15) is 10.7 Å². The van der Waals surface area contributed by atoms with Gasteiger partial charge in [-0.2, -0.15) is 0 Å². The third-order valence-corrected chi connectivity index (χ3v) is 6.07. The quantitative estimate of drug-likeness (QED) is 0.759. The van der Waals surface area contributed by atoms with Gasteiger partial charge in [-0.15, -0.1) is 11.3 Å². The highest BCUT2D eigenvalue weighted by molar-refractivity contribution is 7.91. The molecule has 0 atom stereocenters. The first kappa shape index (κ1) is 15.1. The molecule has 2 heterocycles. The predicted molar refractivity (Wildman–Crippen MR) is 82.3 cm³/mol. The molecule has 2 aromatic rings. The maximum atomic E-state index is 12.1. The fourth-order valence-electron chi connectivity index (χ4n) is 1.60. The van der Waals surface area contributed by atoms with E-state index in [1.165, 1.54) is 6.07 Å². The van der Waals surface area contributed by atoms with Gasteiger partial charge in [-0.25, -0.2) is 18.1 Å². The molecule has 0 aromatic carbocycles. The lowest BCUT2D eigenvalue weighted by Crippen LogP contribution is -2.26. The summed E-state index contributed by atoms with van der Waals surface area (Å²) in [5.74, 6) is 0.822. The van der Waals surface area contributed by atoms with Crippen LogP contribution in [0.2, 0.25) is 0 Å². The Morgan fingerprint density at radius 1 is 1.55 bits per heavy atom. The van der Waals surface area contributed by atoms with E-state index >= 15 is 0 Å². The third kappa shape index (κ3) is 3.42. The lowest BCUT2D eigenvalue weighted by atomic mass is 10.4. The average molecular weight is 330 g/mol. The standard InChI is InChI=1S/C11H14N4O2S3/c1-15-7-6-13-9(15)4-5-14-20(16,17)10-3-2-8(19-10)11(12)18/h2-3,6-7,14H,4-5H2,1H3,(H2,12,18). The van der Waals surface area contributed by atoms with Gasteiger partial charge in [0.05, 0.1) is 4.88 Å². The van der Waals surface area contributed by atoms with Crippen molar-refractivity contribution in [3.05, 3.63) is 35.2 Å².